The Bertz CT molecular complexity index is 649. The second kappa shape index (κ2) is 6.94. The smallest absolute Gasteiger partial charge is 0.234 e. The van der Waals surface area contributed by atoms with Crippen molar-refractivity contribution in [3.8, 4) is 5.75 Å². The average Bonchev–Trinajstić information content (AvgIpc) is 2.47. The minimum atomic E-state index is -0.158. The van der Waals surface area contributed by atoms with Gasteiger partial charge in [0.05, 0.1) is 18.6 Å². The van der Waals surface area contributed by atoms with Crippen LogP contribution in [0.25, 0.3) is 0 Å². The average molecular weight is 304 g/mol. The number of ether oxygens (including phenoxy) is 1. The molecule has 0 fully saturated rings. The van der Waals surface area contributed by atoms with Crippen molar-refractivity contribution in [2.24, 2.45) is 0 Å². The first kappa shape index (κ1) is 15.1. The molecule has 1 aromatic carbocycles. The normalized spacial score (nSPS) is 10.2. The van der Waals surface area contributed by atoms with Gasteiger partial charge < -0.3 is 15.8 Å². The molecule has 6 nitrogen and oxygen atoms in total. The van der Waals surface area contributed by atoms with Crippen LogP contribution in [0.2, 0.25) is 0 Å². The van der Waals surface area contributed by atoms with E-state index in [9.17, 15) is 4.79 Å². The summed E-state index contributed by atoms with van der Waals surface area (Å²) in [5.41, 5.74) is 7.37. The third-order valence-electron chi connectivity index (χ3n) is 2.66. The van der Waals surface area contributed by atoms with Gasteiger partial charge in [-0.2, -0.15) is 0 Å². The number of aromatic nitrogens is 2. The van der Waals surface area contributed by atoms with Gasteiger partial charge >= 0.3 is 0 Å². The maximum Gasteiger partial charge on any atom is 0.234 e. The lowest BCUT2D eigenvalue weighted by molar-refractivity contribution is -0.113. The van der Waals surface area contributed by atoms with Gasteiger partial charge in [0.2, 0.25) is 5.91 Å². The van der Waals surface area contributed by atoms with Crippen LogP contribution >= 0.6 is 11.8 Å². The van der Waals surface area contributed by atoms with E-state index in [1.54, 1.807) is 13.3 Å². The largest absolute Gasteiger partial charge is 0.495 e. The summed E-state index contributed by atoms with van der Waals surface area (Å²) in [6.45, 7) is 1.95. The zero-order valence-electron chi connectivity index (χ0n) is 11.8. The first-order valence-corrected chi connectivity index (χ1v) is 7.22. The van der Waals surface area contributed by atoms with Crippen molar-refractivity contribution in [1.82, 2.24) is 9.97 Å². The van der Waals surface area contributed by atoms with Gasteiger partial charge in [-0.25, -0.2) is 9.97 Å². The van der Waals surface area contributed by atoms with Crippen molar-refractivity contribution < 1.29 is 9.53 Å². The van der Waals surface area contributed by atoms with Gasteiger partial charge in [0.25, 0.3) is 0 Å². The molecule has 0 radical (unpaired) electrons. The maximum atomic E-state index is 12.0. The van der Waals surface area contributed by atoms with Crippen LogP contribution < -0.4 is 15.8 Å². The molecule has 7 heteroatoms. The zero-order chi connectivity index (χ0) is 15.2. The predicted molar refractivity (Wildman–Crippen MR) is 83.5 cm³/mol. The highest BCUT2D eigenvalue weighted by atomic mass is 32.2. The molecule has 0 aliphatic heterocycles. The number of nitrogen functional groups attached to an aromatic ring is 1. The summed E-state index contributed by atoms with van der Waals surface area (Å²) < 4.78 is 5.22. The number of hydrogen-bond acceptors (Lipinski definition) is 6. The zero-order valence-corrected chi connectivity index (χ0v) is 12.6. The summed E-state index contributed by atoms with van der Waals surface area (Å²) in [4.78, 5) is 20.0. The molecule has 2 aromatic rings. The van der Waals surface area contributed by atoms with Gasteiger partial charge in [-0.15, -0.1) is 0 Å². The number of nitrogens with zero attached hydrogens (tertiary/aromatic N) is 2. The second-order valence-electron chi connectivity index (χ2n) is 4.29. The van der Waals surface area contributed by atoms with Crippen LogP contribution in [0.1, 0.15) is 5.56 Å². The molecule has 110 valence electrons. The van der Waals surface area contributed by atoms with Crippen molar-refractivity contribution in [2.75, 3.05) is 23.9 Å². The Labute approximate surface area is 127 Å². The molecule has 0 saturated heterocycles. The van der Waals surface area contributed by atoms with Gasteiger partial charge in [-0.1, -0.05) is 17.8 Å². The van der Waals surface area contributed by atoms with Crippen molar-refractivity contribution in [1.29, 1.82) is 0 Å². The molecule has 0 bridgehead atoms. The third-order valence-corrected chi connectivity index (χ3v) is 3.65. The van der Waals surface area contributed by atoms with Crippen molar-refractivity contribution in [3.63, 3.8) is 0 Å². The molecule has 0 aliphatic rings. The van der Waals surface area contributed by atoms with Crippen LogP contribution in [-0.2, 0) is 4.79 Å². The van der Waals surface area contributed by atoms with E-state index >= 15 is 0 Å². The quantitative estimate of drug-likeness (QED) is 0.822. The lowest BCUT2D eigenvalue weighted by Crippen LogP contribution is -2.15. The van der Waals surface area contributed by atoms with Crippen molar-refractivity contribution >= 4 is 29.2 Å². The fraction of sp³-hybridized carbons (Fsp3) is 0.214. The number of carbonyl (C=O) groups excluding carboxylic acids is 1. The van der Waals surface area contributed by atoms with Gasteiger partial charge in [0.1, 0.15) is 10.8 Å². The number of amides is 1. The van der Waals surface area contributed by atoms with Crippen LogP contribution in [0.15, 0.2) is 35.6 Å². The predicted octanol–water partition coefficient (Wildman–Crippen LogP) is 2.11. The Morgan fingerprint density at radius 2 is 2.14 bits per heavy atom. The number of aryl methyl sites for hydroxylation is 1. The topological polar surface area (TPSA) is 90.1 Å². The highest BCUT2D eigenvalue weighted by Gasteiger charge is 2.10. The minimum Gasteiger partial charge on any atom is -0.495 e. The molecule has 0 unspecified atom stereocenters. The molecule has 0 aliphatic carbocycles. The number of methoxy groups -OCH3 is 1. The first-order chi connectivity index (χ1) is 10.1. The second-order valence-corrected chi connectivity index (χ2v) is 5.25. The Hall–Kier alpha value is -2.28. The summed E-state index contributed by atoms with van der Waals surface area (Å²) in [5, 5.41) is 3.36. The summed E-state index contributed by atoms with van der Waals surface area (Å²) in [5.74, 6) is 0.982. The minimum absolute atomic E-state index is 0.158. The van der Waals surface area contributed by atoms with Crippen molar-refractivity contribution in [2.45, 2.75) is 11.9 Å². The van der Waals surface area contributed by atoms with Gasteiger partial charge in [0, 0.05) is 12.4 Å². The fourth-order valence-electron chi connectivity index (χ4n) is 1.69. The van der Waals surface area contributed by atoms with Gasteiger partial charge in [0.15, 0.2) is 5.82 Å². The highest BCUT2D eigenvalue weighted by molar-refractivity contribution is 8.00. The lowest BCUT2D eigenvalue weighted by atomic mass is 10.2. The van der Waals surface area contributed by atoms with E-state index in [2.05, 4.69) is 15.3 Å². The highest BCUT2D eigenvalue weighted by Crippen LogP contribution is 2.26. The number of rotatable bonds is 5. The molecular weight excluding hydrogens is 288 g/mol. The molecule has 21 heavy (non-hydrogen) atoms. The van der Waals surface area contributed by atoms with Crippen LogP contribution in [0.3, 0.4) is 0 Å². The Balaban J connectivity index is 1.99. The summed E-state index contributed by atoms with van der Waals surface area (Å²) >= 11 is 1.24. The molecule has 3 N–H and O–H groups in total. The number of anilines is 2. The standard InChI is InChI=1S/C14H16N4O2S/c1-9-3-4-11(20-2)10(7-9)18-12(19)8-21-14-13(15)16-5-6-17-14/h3-7H,8H2,1-2H3,(H2,15,16)(H,18,19). The summed E-state index contributed by atoms with van der Waals surface area (Å²) in [7, 11) is 1.56. The third kappa shape index (κ3) is 4.09. The molecule has 1 aromatic heterocycles. The van der Waals surface area contributed by atoms with Crippen LogP contribution in [0.5, 0.6) is 5.75 Å². The lowest BCUT2D eigenvalue weighted by Gasteiger charge is -2.11. The van der Waals surface area contributed by atoms with Crippen LogP contribution in [0, 0.1) is 6.92 Å². The maximum absolute atomic E-state index is 12.0. The van der Waals surface area contributed by atoms with E-state index in [0.717, 1.165) is 5.56 Å². The van der Waals surface area contributed by atoms with Gasteiger partial charge in [-0.05, 0) is 24.6 Å². The molecule has 1 heterocycles. The number of hydrogen-bond donors (Lipinski definition) is 2. The number of carbonyl (C=O) groups is 1. The van der Waals surface area contributed by atoms with Crippen molar-refractivity contribution in [3.05, 3.63) is 36.2 Å². The monoisotopic (exact) mass is 304 g/mol. The first-order valence-electron chi connectivity index (χ1n) is 6.24. The molecule has 1 amide bonds. The number of nitrogens with one attached hydrogen (secondary N) is 1. The van der Waals surface area contributed by atoms with E-state index in [1.165, 1.54) is 18.0 Å². The van der Waals surface area contributed by atoms with E-state index in [0.29, 0.717) is 22.3 Å². The van der Waals surface area contributed by atoms with Crippen LogP contribution in [-0.4, -0.2) is 28.7 Å². The Morgan fingerprint density at radius 3 is 2.86 bits per heavy atom. The van der Waals surface area contributed by atoms with Crippen LogP contribution in [0.4, 0.5) is 11.5 Å². The van der Waals surface area contributed by atoms with Gasteiger partial charge in [-0.3, -0.25) is 4.79 Å². The molecular formula is C14H16N4O2S. The van der Waals surface area contributed by atoms with E-state index < -0.39 is 0 Å². The van der Waals surface area contributed by atoms with E-state index in [1.807, 2.05) is 25.1 Å². The number of benzene rings is 1. The number of nitrogens with two attached hydrogens (primary N) is 1. The SMILES string of the molecule is COc1ccc(C)cc1NC(=O)CSc1nccnc1N. The fourth-order valence-corrected chi connectivity index (χ4v) is 2.36. The molecule has 2 rings (SSSR count). The Morgan fingerprint density at radius 1 is 1.38 bits per heavy atom. The molecule has 0 atom stereocenters. The Kier molecular flexibility index (Phi) is 4.99. The summed E-state index contributed by atoms with van der Waals surface area (Å²) in [6, 6.07) is 5.60. The summed E-state index contributed by atoms with van der Waals surface area (Å²) in [6.07, 6.45) is 3.05. The molecule has 0 spiro atoms. The number of thioether (sulfide) groups is 1. The van der Waals surface area contributed by atoms with E-state index in [4.69, 9.17) is 10.5 Å². The molecule has 0 saturated carbocycles. The van der Waals surface area contributed by atoms with E-state index in [-0.39, 0.29) is 11.7 Å².